The molecule has 0 fully saturated rings. The van der Waals surface area contributed by atoms with Gasteiger partial charge in [-0.05, 0) is 30.3 Å². The maximum atomic E-state index is 13.3. The Morgan fingerprint density at radius 1 is 1.21 bits per heavy atom. The highest BCUT2D eigenvalue weighted by Gasteiger charge is 2.12. The molecule has 2 aromatic rings. The van der Waals surface area contributed by atoms with Crippen LogP contribution in [0.1, 0.15) is 16.1 Å². The van der Waals surface area contributed by atoms with Crippen molar-refractivity contribution in [2.45, 2.75) is 6.54 Å². The minimum atomic E-state index is -0.717. The normalized spacial score (nSPS) is 10.4. The fraction of sp³-hybridized carbons (Fsp3) is 0.143. The zero-order chi connectivity index (χ0) is 13.7. The number of Topliss-reactive ketones (excluding diaryl/α,β-unsaturated/α-hetero) is 1. The average Bonchev–Trinajstić information content (AvgIpc) is 2.42. The standard InChI is InChI=1S/C14H12F2N2O/c15-10-4-5-13(16)12(7-10)14(19)9-17-8-11-3-1-2-6-18-11/h1-7,17H,8-9H2. The van der Waals surface area contributed by atoms with Crippen LogP contribution in [-0.2, 0) is 6.54 Å². The van der Waals surface area contributed by atoms with Gasteiger partial charge < -0.3 is 5.32 Å². The average molecular weight is 262 g/mol. The maximum Gasteiger partial charge on any atom is 0.179 e. The lowest BCUT2D eigenvalue weighted by Crippen LogP contribution is -2.23. The quantitative estimate of drug-likeness (QED) is 0.841. The fourth-order valence-corrected chi connectivity index (χ4v) is 1.61. The fourth-order valence-electron chi connectivity index (χ4n) is 1.61. The molecule has 0 aliphatic heterocycles. The lowest BCUT2D eigenvalue weighted by molar-refractivity contribution is 0.0986. The minimum Gasteiger partial charge on any atom is -0.304 e. The lowest BCUT2D eigenvalue weighted by atomic mass is 10.1. The SMILES string of the molecule is O=C(CNCc1ccccn1)c1cc(F)ccc1F. The van der Waals surface area contributed by atoms with Gasteiger partial charge in [-0.25, -0.2) is 8.78 Å². The Hall–Kier alpha value is -2.14. The number of benzene rings is 1. The van der Waals surface area contributed by atoms with Gasteiger partial charge in [0.05, 0.1) is 17.8 Å². The molecule has 0 radical (unpaired) electrons. The molecule has 1 aromatic carbocycles. The number of aromatic nitrogens is 1. The largest absolute Gasteiger partial charge is 0.304 e. The van der Waals surface area contributed by atoms with E-state index in [1.54, 1.807) is 18.3 Å². The summed E-state index contributed by atoms with van der Waals surface area (Å²) < 4.78 is 26.3. The first-order chi connectivity index (χ1) is 9.16. The van der Waals surface area contributed by atoms with Crippen molar-refractivity contribution in [3.05, 3.63) is 65.5 Å². The summed E-state index contributed by atoms with van der Waals surface area (Å²) in [5.74, 6) is -1.84. The first kappa shape index (κ1) is 13.3. The summed E-state index contributed by atoms with van der Waals surface area (Å²) >= 11 is 0. The van der Waals surface area contributed by atoms with Gasteiger partial charge >= 0.3 is 0 Å². The van der Waals surface area contributed by atoms with Crippen molar-refractivity contribution in [3.8, 4) is 0 Å². The molecule has 0 saturated heterocycles. The van der Waals surface area contributed by atoms with Gasteiger partial charge in [0.2, 0.25) is 0 Å². The Bertz CT molecular complexity index is 573. The van der Waals surface area contributed by atoms with Crippen molar-refractivity contribution in [3.63, 3.8) is 0 Å². The van der Waals surface area contributed by atoms with E-state index < -0.39 is 17.4 Å². The van der Waals surface area contributed by atoms with Crippen LogP contribution in [0.3, 0.4) is 0 Å². The van der Waals surface area contributed by atoms with Crippen LogP contribution >= 0.6 is 0 Å². The number of carbonyl (C=O) groups is 1. The molecule has 1 aromatic heterocycles. The van der Waals surface area contributed by atoms with Crippen LogP contribution in [0.25, 0.3) is 0 Å². The summed E-state index contributed by atoms with van der Waals surface area (Å²) in [6.45, 7) is 0.320. The van der Waals surface area contributed by atoms with Gasteiger partial charge in [0, 0.05) is 12.7 Å². The molecule has 5 heteroatoms. The van der Waals surface area contributed by atoms with E-state index in [2.05, 4.69) is 10.3 Å². The first-order valence-corrected chi connectivity index (χ1v) is 5.75. The molecule has 19 heavy (non-hydrogen) atoms. The van der Waals surface area contributed by atoms with Crippen LogP contribution in [0.4, 0.5) is 8.78 Å². The molecule has 0 amide bonds. The van der Waals surface area contributed by atoms with Crippen LogP contribution in [0.2, 0.25) is 0 Å². The molecule has 0 aliphatic carbocycles. The van der Waals surface area contributed by atoms with E-state index in [0.717, 1.165) is 23.9 Å². The van der Waals surface area contributed by atoms with Crippen molar-refractivity contribution in [2.75, 3.05) is 6.54 Å². The molecule has 0 aliphatic rings. The zero-order valence-electron chi connectivity index (χ0n) is 10.1. The summed E-state index contributed by atoms with van der Waals surface area (Å²) in [7, 11) is 0. The number of carbonyl (C=O) groups excluding carboxylic acids is 1. The van der Waals surface area contributed by atoms with Gasteiger partial charge in [0.25, 0.3) is 0 Å². The predicted octanol–water partition coefficient (Wildman–Crippen LogP) is 2.33. The number of nitrogens with zero attached hydrogens (tertiary/aromatic N) is 1. The van der Waals surface area contributed by atoms with Crippen LogP contribution in [0.5, 0.6) is 0 Å². The molecule has 0 spiro atoms. The Morgan fingerprint density at radius 3 is 2.79 bits per heavy atom. The Balaban J connectivity index is 1.93. The number of pyridine rings is 1. The number of hydrogen-bond acceptors (Lipinski definition) is 3. The van der Waals surface area contributed by atoms with Gasteiger partial charge in [0.15, 0.2) is 5.78 Å². The smallest absolute Gasteiger partial charge is 0.179 e. The monoisotopic (exact) mass is 262 g/mol. The van der Waals surface area contributed by atoms with Gasteiger partial charge in [-0.1, -0.05) is 6.07 Å². The molecule has 0 bridgehead atoms. The van der Waals surface area contributed by atoms with E-state index >= 15 is 0 Å². The molecule has 0 atom stereocenters. The number of rotatable bonds is 5. The van der Waals surface area contributed by atoms with Gasteiger partial charge in [-0.2, -0.15) is 0 Å². The second kappa shape index (κ2) is 6.15. The van der Waals surface area contributed by atoms with Gasteiger partial charge in [-0.3, -0.25) is 9.78 Å². The van der Waals surface area contributed by atoms with Gasteiger partial charge in [0.1, 0.15) is 11.6 Å². The molecule has 98 valence electrons. The van der Waals surface area contributed by atoms with E-state index in [1.807, 2.05) is 6.07 Å². The second-order valence-corrected chi connectivity index (χ2v) is 3.97. The molecule has 0 saturated carbocycles. The van der Waals surface area contributed by atoms with Crippen LogP contribution in [-0.4, -0.2) is 17.3 Å². The van der Waals surface area contributed by atoms with E-state index in [9.17, 15) is 13.6 Å². The molecular formula is C14H12F2N2O. The third-order valence-corrected chi connectivity index (χ3v) is 2.55. The highest BCUT2D eigenvalue weighted by Crippen LogP contribution is 2.10. The van der Waals surface area contributed by atoms with Crippen LogP contribution < -0.4 is 5.32 Å². The zero-order valence-corrected chi connectivity index (χ0v) is 10.1. The van der Waals surface area contributed by atoms with Crippen molar-refractivity contribution in [1.29, 1.82) is 0 Å². The highest BCUT2D eigenvalue weighted by atomic mass is 19.1. The molecule has 1 heterocycles. The van der Waals surface area contributed by atoms with Crippen LogP contribution in [0.15, 0.2) is 42.6 Å². The predicted molar refractivity (Wildman–Crippen MR) is 66.6 cm³/mol. The minimum absolute atomic E-state index is 0.0725. The molecular weight excluding hydrogens is 250 g/mol. The molecule has 1 N–H and O–H groups in total. The number of hydrogen-bond donors (Lipinski definition) is 1. The second-order valence-electron chi connectivity index (χ2n) is 3.97. The first-order valence-electron chi connectivity index (χ1n) is 5.75. The summed E-state index contributed by atoms with van der Waals surface area (Å²) in [5.41, 5.74) is 0.531. The third-order valence-electron chi connectivity index (χ3n) is 2.55. The number of ketones is 1. The summed E-state index contributed by atoms with van der Waals surface area (Å²) in [6.07, 6.45) is 1.64. The van der Waals surface area contributed by atoms with E-state index in [4.69, 9.17) is 0 Å². The van der Waals surface area contributed by atoms with Gasteiger partial charge in [-0.15, -0.1) is 0 Å². The highest BCUT2D eigenvalue weighted by molar-refractivity contribution is 5.97. The topological polar surface area (TPSA) is 42.0 Å². The van der Waals surface area contributed by atoms with Crippen molar-refractivity contribution < 1.29 is 13.6 Å². The maximum absolute atomic E-state index is 13.3. The van der Waals surface area contributed by atoms with Crippen molar-refractivity contribution in [1.82, 2.24) is 10.3 Å². The Morgan fingerprint density at radius 2 is 2.05 bits per heavy atom. The Kier molecular flexibility index (Phi) is 4.30. The van der Waals surface area contributed by atoms with E-state index in [1.165, 1.54) is 0 Å². The lowest BCUT2D eigenvalue weighted by Gasteiger charge is -2.05. The molecule has 3 nitrogen and oxygen atoms in total. The van der Waals surface area contributed by atoms with Crippen molar-refractivity contribution >= 4 is 5.78 Å². The third kappa shape index (κ3) is 3.66. The number of halogens is 2. The molecule has 2 rings (SSSR count). The van der Waals surface area contributed by atoms with Crippen molar-refractivity contribution in [2.24, 2.45) is 0 Å². The van der Waals surface area contributed by atoms with Crippen LogP contribution in [0, 0.1) is 11.6 Å². The van der Waals surface area contributed by atoms with E-state index in [0.29, 0.717) is 6.54 Å². The molecule has 0 unspecified atom stereocenters. The summed E-state index contributed by atoms with van der Waals surface area (Å²) in [4.78, 5) is 15.8. The summed E-state index contributed by atoms with van der Waals surface area (Å²) in [5, 5.41) is 2.85. The summed E-state index contributed by atoms with van der Waals surface area (Å²) in [6, 6.07) is 8.25. The number of nitrogens with one attached hydrogen (secondary N) is 1. The van der Waals surface area contributed by atoms with E-state index in [-0.39, 0.29) is 12.1 Å². The Labute approximate surface area is 109 Å².